The summed E-state index contributed by atoms with van der Waals surface area (Å²) in [5, 5.41) is 62.4. The van der Waals surface area contributed by atoms with Crippen LogP contribution >= 0.6 is 0 Å². The number of imidazole rings is 1. The molecule has 0 amide bonds. The van der Waals surface area contributed by atoms with Gasteiger partial charge >= 0.3 is 23.7 Å². The summed E-state index contributed by atoms with van der Waals surface area (Å²) < 4.78 is 21.1. The summed E-state index contributed by atoms with van der Waals surface area (Å²) >= 11 is 0. The van der Waals surface area contributed by atoms with E-state index in [-0.39, 0.29) is 19.0 Å². The van der Waals surface area contributed by atoms with Crippen LogP contribution in [0.4, 0.5) is 10.2 Å². The van der Waals surface area contributed by atoms with Gasteiger partial charge in [-0.1, -0.05) is 42.5 Å². The van der Waals surface area contributed by atoms with Crippen molar-refractivity contribution in [1.82, 2.24) is 9.55 Å². The average molecular weight is 608 g/mol. The van der Waals surface area contributed by atoms with E-state index in [9.17, 15) is 28.9 Å². The Balaban J connectivity index is 0.000000391. The van der Waals surface area contributed by atoms with Crippen molar-refractivity contribution < 1.29 is 59.1 Å². The van der Waals surface area contributed by atoms with Crippen molar-refractivity contribution in [3.8, 4) is 11.1 Å². The molecule has 0 aliphatic rings. The number of aromatic nitrogens is 2. The second kappa shape index (κ2) is 15.5. The molecule has 3 aromatic rings. The summed E-state index contributed by atoms with van der Waals surface area (Å²) in [6, 6.07) is 13.8. The van der Waals surface area contributed by atoms with E-state index < -0.39 is 59.0 Å². The van der Waals surface area contributed by atoms with Gasteiger partial charge in [-0.05, 0) is 29.0 Å². The minimum atomic E-state index is -2.36. The molecule has 0 bridgehead atoms. The van der Waals surface area contributed by atoms with E-state index in [2.05, 4.69) is 4.98 Å². The standard InChI is InChI=1S/C21H20FN3O4.C6H10O8/c1-14(17-8-9-18(19(22)12-17)16-6-4-3-5-7-16)21(26)29-11-10-24-15(2)23-13-20(24)25(27)28;7-1(3(9)5(11)12)2(8)4(10)6(13)14/h3-9,12-14H,10-11H2,1-2H3;1-4,7-10H,(H,11,12)(H,13,14)/t14-;/m0./s1. The summed E-state index contributed by atoms with van der Waals surface area (Å²) in [4.78, 5) is 46.9. The van der Waals surface area contributed by atoms with E-state index in [4.69, 9.17) is 35.4 Å². The molecule has 0 spiro atoms. The lowest BCUT2D eigenvalue weighted by Gasteiger charge is -2.21. The molecule has 3 rings (SSSR count). The topological polar surface area (TPSA) is 243 Å². The molecule has 0 fully saturated rings. The summed E-state index contributed by atoms with van der Waals surface area (Å²) in [5.74, 6) is -5.00. The maximum atomic E-state index is 14.5. The molecular formula is C27H30FN3O12. The smallest absolute Gasteiger partial charge is 0.342 e. The third-order valence-corrected chi connectivity index (χ3v) is 6.21. The van der Waals surface area contributed by atoms with Gasteiger partial charge < -0.3 is 45.5 Å². The maximum absolute atomic E-state index is 14.5. The third-order valence-electron chi connectivity index (χ3n) is 6.21. The van der Waals surface area contributed by atoms with Crippen molar-refractivity contribution in [3.63, 3.8) is 0 Å². The van der Waals surface area contributed by atoms with Crippen molar-refractivity contribution in [3.05, 3.63) is 82.0 Å². The predicted octanol–water partition coefficient (Wildman–Crippen LogP) is 0.852. The van der Waals surface area contributed by atoms with E-state index in [0.717, 1.165) is 11.8 Å². The second-order valence-electron chi connectivity index (χ2n) is 9.11. The van der Waals surface area contributed by atoms with Crippen LogP contribution in [0.3, 0.4) is 0 Å². The van der Waals surface area contributed by atoms with E-state index in [1.54, 1.807) is 26.0 Å². The summed E-state index contributed by atoms with van der Waals surface area (Å²) in [6.45, 7) is 3.33. The Hall–Kier alpha value is -4.77. The lowest BCUT2D eigenvalue weighted by atomic mass is 9.97. The number of hydrogen-bond donors (Lipinski definition) is 6. The molecule has 0 radical (unpaired) electrons. The monoisotopic (exact) mass is 607 g/mol. The molecular weight excluding hydrogens is 577 g/mol. The molecule has 15 nitrogen and oxygen atoms in total. The van der Waals surface area contributed by atoms with Crippen LogP contribution in [0.25, 0.3) is 11.1 Å². The fourth-order valence-electron chi connectivity index (χ4n) is 3.70. The van der Waals surface area contributed by atoms with Crippen LogP contribution in [-0.2, 0) is 25.7 Å². The Morgan fingerprint density at radius 2 is 1.56 bits per heavy atom. The number of halogens is 1. The minimum Gasteiger partial charge on any atom is -0.479 e. The van der Waals surface area contributed by atoms with Gasteiger partial charge in [0.25, 0.3) is 0 Å². The van der Waals surface area contributed by atoms with E-state index in [1.807, 2.05) is 30.3 Å². The summed E-state index contributed by atoms with van der Waals surface area (Å²) in [6.07, 6.45) is -8.12. The van der Waals surface area contributed by atoms with Crippen LogP contribution in [0, 0.1) is 22.9 Å². The molecule has 43 heavy (non-hydrogen) atoms. The molecule has 1 aromatic heterocycles. The number of carbonyl (C=O) groups excluding carboxylic acids is 1. The zero-order valence-corrected chi connectivity index (χ0v) is 22.8. The van der Waals surface area contributed by atoms with Gasteiger partial charge in [-0.25, -0.2) is 23.5 Å². The Kier molecular flexibility index (Phi) is 12.4. The number of hydrogen-bond acceptors (Lipinski definition) is 11. The Labute approximate surface area is 243 Å². The van der Waals surface area contributed by atoms with Crippen LogP contribution in [0.5, 0.6) is 0 Å². The fourth-order valence-corrected chi connectivity index (χ4v) is 3.70. The number of aliphatic hydroxyl groups is 4. The molecule has 4 unspecified atom stereocenters. The number of ether oxygens (including phenoxy) is 1. The molecule has 0 aliphatic carbocycles. The number of esters is 1. The van der Waals surface area contributed by atoms with Crippen LogP contribution in [0.2, 0.25) is 0 Å². The zero-order chi connectivity index (χ0) is 32.4. The highest BCUT2D eigenvalue weighted by molar-refractivity contribution is 5.78. The zero-order valence-electron chi connectivity index (χ0n) is 22.8. The first-order valence-corrected chi connectivity index (χ1v) is 12.5. The van der Waals surface area contributed by atoms with Crippen molar-refractivity contribution in [1.29, 1.82) is 0 Å². The lowest BCUT2D eigenvalue weighted by molar-refractivity contribution is -0.392. The van der Waals surface area contributed by atoms with Gasteiger partial charge in [0.2, 0.25) is 0 Å². The van der Waals surface area contributed by atoms with Gasteiger partial charge in [0.15, 0.2) is 18.0 Å². The normalized spacial score (nSPS) is 14.3. The highest BCUT2D eigenvalue weighted by Gasteiger charge is 2.37. The van der Waals surface area contributed by atoms with Crippen LogP contribution in [-0.4, -0.2) is 94.0 Å². The van der Waals surface area contributed by atoms with Crippen LogP contribution < -0.4 is 0 Å². The first kappa shape index (κ1) is 34.4. The van der Waals surface area contributed by atoms with E-state index in [0.29, 0.717) is 17.0 Å². The lowest BCUT2D eigenvalue weighted by Crippen LogP contribution is -2.49. The van der Waals surface area contributed by atoms with Crippen molar-refractivity contribution in [2.45, 2.75) is 50.7 Å². The molecule has 16 heteroatoms. The molecule has 0 aliphatic heterocycles. The Morgan fingerprint density at radius 3 is 2.05 bits per heavy atom. The van der Waals surface area contributed by atoms with Gasteiger partial charge in [0, 0.05) is 12.5 Å². The van der Waals surface area contributed by atoms with Gasteiger partial charge in [-0.2, -0.15) is 0 Å². The number of nitro groups is 1. The van der Waals surface area contributed by atoms with Crippen LogP contribution in [0.15, 0.2) is 54.7 Å². The number of carboxylic acids is 2. The molecule has 0 saturated heterocycles. The van der Waals surface area contributed by atoms with Gasteiger partial charge in [-0.15, -0.1) is 0 Å². The number of carboxylic acid groups (broad SMARTS) is 2. The van der Waals surface area contributed by atoms with Gasteiger partial charge in [0.05, 0.1) is 5.92 Å². The molecule has 232 valence electrons. The number of aliphatic hydroxyl groups excluding tert-OH is 4. The third kappa shape index (κ3) is 9.11. The molecule has 5 atom stereocenters. The van der Waals surface area contributed by atoms with Crippen LogP contribution in [0.1, 0.15) is 24.2 Å². The maximum Gasteiger partial charge on any atom is 0.342 e. The predicted molar refractivity (Wildman–Crippen MR) is 144 cm³/mol. The van der Waals surface area contributed by atoms with Gasteiger partial charge in [0.1, 0.15) is 37.4 Å². The van der Waals surface area contributed by atoms with Crippen molar-refractivity contribution >= 4 is 23.7 Å². The fraction of sp³-hybridized carbons (Fsp3) is 0.333. The first-order valence-electron chi connectivity index (χ1n) is 12.5. The number of rotatable bonds is 12. The Bertz CT molecular complexity index is 1410. The highest BCUT2D eigenvalue weighted by Crippen LogP contribution is 2.27. The quantitative estimate of drug-likeness (QED) is 0.0951. The second-order valence-corrected chi connectivity index (χ2v) is 9.11. The molecule has 2 aromatic carbocycles. The molecule has 1 heterocycles. The molecule has 6 N–H and O–H groups in total. The average Bonchev–Trinajstić information content (AvgIpc) is 3.35. The number of aryl methyl sites for hydroxylation is 1. The van der Waals surface area contributed by atoms with Gasteiger partial charge in [-0.3, -0.25) is 4.79 Å². The summed E-state index contributed by atoms with van der Waals surface area (Å²) in [5.41, 5.74) is 1.71. The number of nitrogens with zero attached hydrogens (tertiary/aromatic N) is 3. The van der Waals surface area contributed by atoms with E-state index >= 15 is 0 Å². The Morgan fingerprint density at radius 1 is 1.00 bits per heavy atom. The minimum absolute atomic E-state index is 0.0498. The first-order chi connectivity index (χ1) is 20.2. The van der Waals surface area contributed by atoms with Crippen molar-refractivity contribution in [2.75, 3.05) is 6.61 Å². The summed E-state index contributed by atoms with van der Waals surface area (Å²) in [7, 11) is 0. The molecule has 0 saturated carbocycles. The van der Waals surface area contributed by atoms with E-state index in [1.165, 1.54) is 10.6 Å². The number of benzene rings is 2. The largest absolute Gasteiger partial charge is 0.479 e. The van der Waals surface area contributed by atoms with Crippen molar-refractivity contribution in [2.24, 2.45) is 0 Å². The highest BCUT2D eigenvalue weighted by atomic mass is 19.1. The number of carbonyl (C=O) groups is 3. The SMILES string of the molecule is Cc1ncc([N+](=O)[O-])n1CCOC(=O)[C@@H](C)c1ccc(-c2ccccc2)c(F)c1.O=C(O)C(O)C(O)C(O)C(O)C(=O)O. The number of aliphatic carboxylic acids is 2.